The Bertz CT molecular complexity index is 667. The van der Waals surface area contributed by atoms with Crippen LogP contribution < -0.4 is 9.47 Å². The van der Waals surface area contributed by atoms with Gasteiger partial charge in [0.25, 0.3) is 0 Å². The third kappa shape index (κ3) is 2.97. The lowest BCUT2D eigenvalue weighted by Gasteiger charge is -2.11. The highest BCUT2D eigenvalue weighted by Gasteiger charge is 2.14. The molecule has 0 unspecified atom stereocenters. The summed E-state index contributed by atoms with van der Waals surface area (Å²) in [4.78, 5) is 11.4. The van der Waals surface area contributed by atoms with E-state index in [4.69, 9.17) is 9.47 Å². The van der Waals surface area contributed by atoms with Crippen LogP contribution in [0.15, 0.2) is 36.4 Å². The molecule has 0 amide bonds. The van der Waals surface area contributed by atoms with Gasteiger partial charge in [0.2, 0.25) is 0 Å². The van der Waals surface area contributed by atoms with Crippen LogP contribution in [-0.2, 0) is 4.74 Å². The van der Waals surface area contributed by atoms with Crippen molar-refractivity contribution in [1.82, 2.24) is 0 Å². The van der Waals surface area contributed by atoms with E-state index in [0.717, 1.165) is 0 Å². The summed E-state index contributed by atoms with van der Waals surface area (Å²) in [7, 11) is 4.29. The highest BCUT2D eigenvalue weighted by Crippen LogP contribution is 2.34. The number of methoxy groups -OCH3 is 3. The molecule has 0 saturated carbocycles. The molecule has 0 N–H and O–H groups in total. The summed E-state index contributed by atoms with van der Waals surface area (Å²) in [6.45, 7) is 0. The fourth-order valence-electron chi connectivity index (χ4n) is 2.00. The van der Waals surface area contributed by atoms with Crippen LogP contribution in [0, 0.1) is 5.82 Å². The zero-order valence-electron chi connectivity index (χ0n) is 12.0. The van der Waals surface area contributed by atoms with Crippen LogP contribution in [-0.4, -0.2) is 27.3 Å². The van der Waals surface area contributed by atoms with Gasteiger partial charge in [-0.25, -0.2) is 9.18 Å². The van der Waals surface area contributed by atoms with Gasteiger partial charge in [-0.15, -0.1) is 0 Å². The summed E-state index contributed by atoms with van der Waals surface area (Å²) in [5.41, 5.74) is 1.20. The lowest BCUT2D eigenvalue weighted by atomic mass is 10.0. The molecule has 0 spiro atoms. The number of hydrogen-bond acceptors (Lipinski definition) is 4. The second kappa shape index (κ2) is 6.26. The zero-order chi connectivity index (χ0) is 15.4. The van der Waals surface area contributed by atoms with E-state index >= 15 is 0 Å². The lowest BCUT2D eigenvalue weighted by molar-refractivity contribution is 0.0595. The molecule has 2 aromatic carbocycles. The highest BCUT2D eigenvalue weighted by molar-refractivity contribution is 5.90. The van der Waals surface area contributed by atoms with Crippen LogP contribution in [0.25, 0.3) is 11.1 Å². The van der Waals surface area contributed by atoms with Crippen molar-refractivity contribution in [3.63, 3.8) is 0 Å². The molecule has 0 bridgehead atoms. The fraction of sp³-hybridized carbons (Fsp3) is 0.188. The molecule has 0 saturated heterocycles. The molecule has 4 nitrogen and oxygen atoms in total. The molecule has 0 aromatic heterocycles. The molecule has 21 heavy (non-hydrogen) atoms. The van der Waals surface area contributed by atoms with E-state index in [1.54, 1.807) is 31.4 Å². The summed E-state index contributed by atoms with van der Waals surface area (Å²) in [6.07, 6.45) is 0. The molecule has 110 valence electrons. The number of hydrogen-bond donors (Lipinski definition) is 0. The standard InChI is InChI=1S/C16H15FO4/c1-19-11-5-7-12(15(9-11)20-2)10-4-6-13(14(17)8-10)16(18)21-3/h4-9H,1-3H3. The average molecular weight is 290 g/mol. The van der Waals surface area contributed by atoms with Crippen molar-refractivity contribution in [2.24, 2.45) is 0 Å². The van der Waals surface area contributed by atoms with Crippen LogP contribution >= 0.6 is 0 Å². The van der Waals surface area contributed by atoms with Gasteiger partial charge in [-0.2, -0.15) is 0 Å². The van der Waals surface area contributed by atoms with E-state index in [0.29, 0.717) is 22.6 Å². The molecule has 0 aliphatic rings. The Balaban J connectivity index is 2.47. The number of benzene rings is 2. The topological polar surface area (TPSA) is 44.8 Å². The van der Waals surface area contributed by atoms with Crippen molar-refractivity contribution in [1.29, 1.82) is 0 Å². The number of esters is 1. The summed E-state index contributed by atoms with van der Waals surface area (Å²) in [6, 6.07) is 9.53. The smallest absolute Gasteiger partial charge is 0.340 e. The Hall–Kier alpha value is -2.56. The summed E-state index contributed by atoms with van der Waals surface area (Å²) in [5.74, 6) is -0.153. The average Bonchev–Trinajstić information content (AvgIpc) is 2.53. The molecule has 0 radical (unpaired) electrons. The van der Waals surface area contributed by atoms with Crippen LogP contribution in [0.3, 0.4) is 0 Å². The van der Waals surface area contributed by atoms with Crippen molar-refractivity contribution in [3.8, 4) is 22.6 Å². The van der Waals surface area contributed by atoms with Gasteiger partial charge in [-0.05, 0) is 29.8 Å². The Labute approximate surface area is 122 Å². The normalized spacial score (nSPS) is 10.1. The maximum Gasteiger partial charge on any atom is 0.340 e. The van der Waals surface area contributed by atoms with Crippen molar-refractivity contribution < 1.29 is 23.4 Å². The van der Waals surface area contributed by atoms with Gasteiger partial charge >= 0.3 is 5.97 Å². The van der Waals surface area contributed by atoms with Gasteiger partial charge in [0, 0.05) is 11.6 Å². The van der Waals surface area contributed by atoms with Gasteiger partial charge in [-0.3, -0.25) is 0 Å². The predicted molar refractivity (Wildman–Crippen MR) is 76.3 cm³/mol. The third-order valence-electron chi connectivity index (χ3n) is 3.09. The SMILES string of the molecule is COC(=O)c1ccc(-c2ccc(OC)cc2OC)cc1F. The Morgan fingerprint density at radius 1 is 1.00 bits per heavy atom. The first kappa shape index (κ1) is 14.8. The third-order valence-corrected chi connectivity index (χ3v) is 3.09. The maximum absolute atomic E-state index is 14.0. The van der Waals surface area contributed by atoms with Crippen LogP contribution in [0.2, 0.25) is 0 Å². The van der Waals surface area contributed by atoms with E-state index in [1.165, 1.54) is 26.4 Å². The first-order valence-electron chi connectivity index (χ1n) is 6.21. The number of carbonyl (C=O) groups excluding carboxylic acids is 1. The largest absolute Gasteiger partial charge is 0.497 e. The molecule has 2 aromatic rings. The Morgan fingerprint density at radius 3 is 2.33 bits per heavy atom. The van der Waals surface area contributed by atoms with Crippen LogP contribution in [0.5, 0.6) is 11.5 Å². The van der Waals surface area contributed by atoms with Crippen molar-refractivity contribution in [3.05, 3.63) is 47.8 Å². The van der Waals surface area contributed by atoms with Crippen LogP contribution in [0.1, 0.15) is 10.4 Å². The highest BCUT2D eigenvalue weighted by atomic mass is 19.1. The van der Waals surface area contributed by atoms with Crippen molar-refractivity contribution in [2.45, 2.75) is 0 Å². The number of carbonyl (C=O) groups is 1. The van der Waals surface area contributed by atoms with E-state index in [1.807, 2.05) is 0 Å². The van der Waals surface area contributed by atoms with E-state index in [2.05, 4.69) is 4.74 Å². The second-order valence-corrected chi connectivity index (χ2v) is 4.25. The van der Waals surface area contributed by atoms with Gasteiger partial charge in [0.15, 0.2) is 0 Å². The van der Waals surface area contributed by atoms with Crippen molar-refractivity contribution >= 4 is 5.97 Å². The minimum absolute atomic E-state index is 0.103. The quantitative estimate of drug-likeness (QED) is 0.810. The first-order chi connectivity index (χ1) is 10.1. The van der Waals surface area contributed by atoms with Gasteiger partial charge in [0.05, 0.1) is 26.9 Å². The Kier molecular flexibility index (Phi) is 4.42. The first-order valence-corrected chi connectivity index (χ1v) is 6.21. The molecule has 5 heteroatoms. The molecule has 0 aliphatic carbocycles. The lowest BCUT2D eigenvalue weighted by Crippen LogP contribution is -2.04. The molecule has 0 atom stereocenters. The molecule has 0 aliphatic heterocycles. The van der Waals surface area contributed by atoms with E-state index < -0.39 is 11.8 Å². The summed E-state index contributed by atoms with van der Waals surface area (Å²) in [5, 5.41) is 0. The number of ether oxygens (including phenoxy) is 3. The fourth-order valence-corrected chi connectivity index (χ4v) is 2.00. The molecule has 0 fully saturated rings. The molecule has 0 heterocycles. The summed E-state index contributed by atoms with van der Waals surface area (Å²) < 4.78 is 28.9. The molecule has 2 rings (SSSR count). The van der Waals surface area contributed by atoms with Crippen molar-refractivity contribution in [2.75, 3.05) is 21.3 Å². The predicted octanol–water partition coefficient (Wildman–Crippen LogP) is 3.30. The molecular formula is C16H15FO4. The number of halogens is 1. The number of rotatable bonds is 4. The minimum Gasteiger partial charge on any atom is -0.497 e. The van der Waals surface area contributed by atoms with Gasteiger partial charge in [0.1, 0.15) is 17.3 Å². The van der Waals surface area contributed by atoms with Gasteiger partial charge in [-0.1, -0.05) is 6.07 Å². The van der Waals surface area contributed by atoms with E-state index in [9.17, 15) is 9.18 Å². The maximum atomic E-state index is 14.0. The Morgan fingerprint density at radius 2 is 1.76 bits per heavy atom. The minimum atomic E-state index is -0.708. The van der Waals surface area contributed by atoms with Gasteiger partial charge < -0.3 is 14.2 Å². The van der Waals surface area contributed by atoms with E-state index in [-0.39, 0.29) is 5.56 Å². The van der Waals surface area contributed by atoms with Crippen LogP contribution in [0.4, 0.5) is 4.39 Å². The summed E-state index contributed by atoms with van der Waals surface area (Å²) >= 11 is 0. The zero-order valence-corrected chi connectivity index (χ0v) is 12.0. The molecular weight excluding hydrogens is 275 g/mol. The monoisotopic (exact) mass is 290 g/mol. The second-order valence-electron chi connectivity index (χ2n) is 4.25.